The first-order valence-electron chi connectivity index (χ1n) is 7.39. The molecular weight excluding hydrogens is 270 g/mol. The first-order chi connectivity index (χ1) is 10.1. The topological polar surface area (TPSA) is 75.6 Å². The Kier molecular flexibility index (Phi) is 3.92. The molecule has 1 amide bonds. The molecule has 3 unspecified atom stereocenters. The molecule has 2 bridgehead atoms. The van der Waals surface area contributed by atoms with Gasteiger partial charge in [-0.3, -0.25) is 9.59 Å². The minimum absolute atomic E-state index is 0.0282. The summed E-state index contributed by atoms with van der Waals surface area (Å²) in [5, 5.41) is 11.6. The summed E-state index contributed by atoms with van der Waals surface area (Å²) in [6.45, 7) is 0. The van der Waals surface area contributed by atoms with Crippen LogP contribution in [0.1, 0.15) is 31.2 Å². The molecule has 2 aliphatic rings. The molecule has 0 saturated carbocycles. The van der Waals surface area contributed by atoms with Crippen LogP contribution in [0.3, 0.4) is 0 Å². The van der Waals surface area contributed by atoms with Gasteiger partial charge in [0.15, 0.2) is 0 Å². The van der Waals surface area contributed by atoms with Crippen LogP contribution < -0.4 is 5.32 Å². The highest BCUT2D eigenvalue weighted by atomic mass is 16.5. The number of fused-ring (bicyclic) bond motifs is 2. The SMILES string of the molecule is O=C(O)CCc1ccc(NC(=O)C2CC3CCC2O3)cc1. The summed E-state index contributed by atoms with van der Waals surface area (Å²) in [6, 6.07) is 7.36. The lowest BCUT2D eigenvalue weighted by Crippen LogP contribution is -2.30. The Labute approximate surface area is 123 Å². The maximum Gasteiger partial charge on any atom is 0.303 e. The van der Waals surface area contributed by atoms with E-state index in [9.17, 15) is 9.59 Å². The summed E-state index contributed by atoms with van der Waals surface area (Å²) in [4.78, 5) is 22.8. The molecule has 3 atom stereocenters. The maximum absolute atomic E-state index is 12.2. The standard InChI is InChI=1S/C16H19NO4/c18-15(19)8-3-10-1-4-11(5-2-10)17-16(20)13-9-12-6-7-14(13)21-12/h1-2,4-5,12-14H,3,6-9H2,(H,17,20)(H,18,19). The van der Waals surface area contributed by atoms with Gasteiger partial charge in [-0.2, -0.15) is 0 Å². The average molecular weight is 289 g/mol. The van der Waals surface area contributed by atoms with Crippen LogP contribution in [-0.4, -0.2) is 29.2 Å². The summed E-state index contributed by atoms with van der Waals surface area (Å²) in [5.74, 6) is -0.806. The van der Waals surface area contributed by atoms with Crippen LogP contribution in [0.5, 0.6) is 0 Å². The zero-order chi connectivity index (χ0) is 14.8. The molecule has 21 heavy (non-hydrogen) atoms. The lowest BCUT2D eigenvalue weighted by molar-refractivity contribution is -0.137. The van der Waals surface area contributed by atoms with Gasteiger partial charge in [0.2, 0.25) is 5.91 Å². The number of hydrogen-bond acceptors (Lipinski definition) is 3. The minimum atomic E-state index is -0.802. The monoisotopic (exact) mass is 289 g/mol. The quantitative estimate of drug-likeness (QED) is 0.871. The first-order valence-corrected chi connectivity index (χ1v) is 7.39. The Bertz CT molecular complexity index is 540. The molecule has 5 nitrogen and oxygen atoms in total. The Balaban J connectivity index is 1.55. The van der Waals surface area contributed by atoms with Crippen molar-refractivity contribution in [1.82, 2.24) is 0 Å². The summed E-state index contributed by atoms with van der Waals surface area (Å²) >= 11 is 0. The molecule has 0 radical (unpaired) electrons. The Morgan fingerprint density at radius 3 is 2.57 bits per heavy atom. The third-order valence-corrected chi connectivity index (χ3v) is 4.29. The summed E-state index contributed by atoms with van der Waals surface area (Å²) in [6.07, 6.45) is 3.86. The van der Waals surface area contributed by atoms with Crippen molar-refractivity contribution in [2.45, 2.75) is 44.3 Å². The van der Waals surface area contributed by atoms with Gasteiger partial charge in [0.1, 0.15) is 0 Å². The molecule has 0 aliphatic carbocycles. The first kappa shape index (κ1) is 14.1. The molecule has 0 aromatic heterocycles. The highest BCUT2D eigenvalue weighted by Crippen LogP contribution is 2.39. The number of amides is 1. The predicted octanol–water partition coefficient (Wildman–Crippen LogP) is 2.21. The van der Waals surface area contributed by atoms with Gasteiger partial charge in [-0.25, -0.2) is 0 Å². The molecule has 1 aromatic rings. The number of aryl methyl sites for hydroxylation is 1. The van der Waals surface area contributed by atoms with E-state index in [4.69, 9.17) is 9.84 Å². The Hall–Kier alpha value is -1.88. The number of ether oxygens (including phenoxy) is 1. The number of rotatable bonds is 5. The molecule has 2 aliphatic heterocycles. The summed E-state index contributed by atoms with van der Waals surface area (Å²) < 4.78 is 5.70. The molecule has 2 heterocycles. The number of benzene rings is 1. The minimum Gasteiger partial charge on any atom is -0.481 e. The summed E-state index contributed by atoms with van der Waals surface area (Å²) in [7, 11) is 0. The molecule has 1 aromatic carbocycles. The van der Waals surface area contributed by atoms with Crippen molar-refractivity contribution < 1.29 is 19.4 Å². The fourth-order valence-corrected chi connectivity index (χ4v) is 3.15. The van der Waals surface area contributed by atoms with Crippen LogP contribution in [0.15, 0.2) is 24.3 Å². The van der Waals surface area contributed by atoms with Crippen molar-refractivity contribution in [2.75, 3.05) is 5.32 Å². The Morgan fingerprint density at radius 1 is 1.24 bits per heavy atom. The number of aliphatic carboxylic acids is 1. The van der Waals surface area contributed by atoms with E-state index in [1.165, 1.54) is 0 Å². The van der Waals surface area contributed by atoms with Gasteiger partial charge in [0.25, 0.3) is 0 Å². The second kappa shape index (κ2) is 5.85. The molecule has 2 fully saturated rings. The second-order valence-corrected chi connectivity index (χ2v) is 5.80. The molecular formula is C16H19NO4. The molecule has 5 heteroatoms. The van der Waals surface area contributed by atoms with Crippen LogP contribution in [0, 0.1) is 5.92 Å². The van der Waals surface area contributed by atoms with Crippen LogP contribution >= 0.6 is 0 Å². The zero-order valence-electron chi connectivity index (χ0n) is 11.7. The number of carboxylic acid groups (broad SMARTS) is 1. The van der Waals surface area contributed by atoms with Gasteiger partial charge in [-0.15, -0.1) is 0 Å². The highest BCUT2D eigenvalue weighted by molar-refractivity contribution is 5.93. The number of carbonyl (C=O) groups is 2. The fourth-order valence-electron chi connectivity index (χ4n) is 3.15. The van der Waals surface area contributed by atoms with Crippen LogP contribution in [0.4, 0.5) is 5.69 Å². The zero-order valence-corrected chi connectivity index (χ0v) is 11.7. The van der Waals surface area contributed by atoms with Crippen LogP contribution in [-0.2, 0) is 20.7 Å². The van der Waals surface area contributed by atoms with Gasteiger partial charge in [0, 0.05) is 12.1 Å². The van der Waals surface area contributed by atoms with Crippen molar-refractivity contribution in [1.29, 1.82) is 0 Å². The smallest absolute Gasteiger partial charge is 0.303 e. The van der Waals surface area contributed by atoms with Crippen molar-refractivity contribution in [3.05, 3.63) is 29.8 Å². The van der Waals surface area contributed by atoms with E-state index in [1.54, 1.807) is 0 Å². The third kappa shape index (κ3) is 3.24. The van der Waals surface area contributed by atoms with E-state index >= 15 is 0 Å². The van der Waals surface area contributed by atoms with Gasteiger partial charge < -0.3 is 15.2 Å². The van der Waals surface area contributed by atoms with E-state index in [1.807, 2.05) is 24.3 Å². The van der Waals surface area contributed by atoms with Crippen molar-refractivity contribution in [2.24, 2.45) is 5.92 Å². The van der Waals surface area contributed by atoms with Crippen LogP contribution in [0.2, 0.25) is 0 Å². The number of carbonyl (C=O) groups excluding carboxylic acids is 1. The highest BCUT2D eigenvalue weighted by Gasteiger charge is 2.44. The number of nitrogens with one attached hydrogen (secondary N) is 1. The largest absolute Gasteiger partial charge is 0.481 e. The third-order valence-electron chi connectivity index (χ3n) is 4.29. The lowest BCUT2D eigenvalue weighted by atomic mass is 9.88. The van der Waals surface area contributed by atoms with E-state index < -0.39 is 5.97 Å². The van der Waals surface area contributed by atoms with Crippen molar-refractivity contribution in [3.63, 3.8) is 0 Å². The van der Waals surface area contributed by atoms with Crippen LogP contribution in [0.25, 0.3) is 0 Å². The van der Waals surface area contributed by atoms with Gasteiger partial charge in [0.05, 0.1) is 18.1 Å². The van der Waals surface area contributed by atoms with Gasteiger partial charge in [-0.05, 0) is 43.4 Å². The number of carboxylic acids is 1. The maximum atomic E-state index is 12.2. The van der Waals surface area contributed by atoms with E-state index in [-0.39, 0.29) is 30.5 Å². The van der Waals surface area contributed by atoms with E-state index in [0.717, 1.165) is 30.5 Å². The molecule has 112 valence electrons. The normalized spacial score (nSPS) is 26.8. The van der Waals surface area contributed by atoms with Gasteiger partial charge in [-0.1, -0.05) is 12.1 Å². The van der Waals surface area contributed by atoms with Crippen molar-refractivity contribution in [3.8, 4) is 0 Å². The number of hydrogen-bond donors (Lipinski definition) is 2. The van der Waals surface area contributed by atoms with E-state index in [2.05, 4.69) is 5.32 Å². The summed E-state index contributed by atoms with van der Waals surface area (Å²) in [5.41, 5.74) is 1.71. The molecule has 3 rings (SSSR count). The van der Waals surface area contributed by atoms with Crippen molar-refractivity contribution >= 4 is 17.6 Å². The molecule has 2 saturated heterocycles. The molecule has 2 N–H and O–H groups in total. The predicted molar refractivity (Wildman–Crippen MR) is 77.0 cm³/mol. The number of anilines is 1. The average Bonchev–Trinajstić information content (AvgIpc) is 3.09. The Morgan fingerprint density at radius 2 is 2.00 bits per heavy atom. The fraction of sp³-hybridized carbons (Fsp3) is 0.500. The second-order valence-electron chi connectivity index (χ2n) is 5.80. The van der Waals surface area contributed by atoms with E-state index in [0.29, 0.717) is 6.42 Å². The van der Waals surface area contributed by atoms with Gasteiger partial charge >= 0.3 is 5.97 Å². The molecule has 0 spiro atoms. The lowest BCUT2D eigenvalue weighted by Gasteiger charge is -2.18.